The van der Waals surface area contributed by atoms with E-state index < -0.39 is 0 Å². The molecule has 1 aromatic carbocycles. The first kappa shape index (κ1) is 11.4. The first-order valence-corrected chi connectivity index (χ1v) is 5.85. The molecule has 1 aliphatic rings. The monoisotopic (exact) mass is 221 g/mol. The predicted octanol–water partition coefficient (Wildman–Crippen LogP) is 2.09. The van der Waals surface area contributed by atoms with Crippen LogP contribution >= 0.6 is 0 Å². The molecule has 0 radical (unpaired) electrons. The van der Waals surface area contributed by atoms with Gasteiger partial charge in [-0.15, -0.1) is 0 Å². The summed E-state index contributed by atoms with van der Waals surface area (Å²) in [4.78, 5) is 0. The quantitative estimate of drug-likeness (QED) is 0.846. The lowest BCUT2D eigenvalue weighted by atomic mass is 10.2. The lowest BCUT2D eigenvalue weighted by molar-refractivity contribution is 0.0264. The van der Waals surface area contributed by atoms with Crippen molar-refractivity contribution in [3.8, 4) is 5.75 Å². The van der Waals surface area contributed by atoms with Crippen molar-refractivity contribution in [2.24, 2.45) is 5.73 Å². The van der Waals surface area contributed by atoms with Crippen LogP contribution in [0.1, 0.15) is 25.3 Å². The van der Waals surface area contributed by atoms with Gasteiger partial charge in [0.2, 0.25) is 0 Å². The standard InChI is InChI=1S/C13H19NO2/c1-10-2-5-13(16-10)9-15-12-6-3-11(8-14)4-7-12/h3-4,6-7,10,13H,2,5,8-9,14H2,1H3. The van der Waals surface area contributed by atoms with E-state index in [2.05, 4.69) is 6.92 Å². The molecule has 1 saturated heterocycles. The first-order chi connectivity index (χ1) is 7.78. The van der Waals surface area contributed by atoms with E-state index in [0.29, 0.717) is 19.3 Å². The Morgan fingerprint density at radius 3 is 2.62 bits per heavy atom. The maximum Gasteiger partial charge on any atom is 0.119 e. The Balaban J connectivity index is 1.80. The zero-order valence-electron chi connectivity index (χ0n) is 9.69. The average molecular weight is 221 g/mol. The molecule has 88 valence electrons. The minimum atomic E-state index is 0.254. The molecule has 0 spiro atoms. The van der Waals surface area contributed by atoms with Crippen molar-refractivity contribution in [3.05, 3.63) is 29.8 Å². The minimum absolute atomic E-state index is 0.254. The Morgan fingerprint density at radius 2 is 2.06 bits per heavy atom. The average Bonchev–Trinajstić information content (AvgIpc) is 2.73. The van der Waals surface area contributed by atoms with Crippen molar-refractivity contribution in [2.45, 2.75) is 38.5 Å². The van der Waals surface area contributed by atoms with E-state index in [1.165, 1.54) is 0 Å². The maximum atomic E-state index is 5.68. The van der Waals surface area contributed by atoms with Gasteiger partial charge in [0, 0.05) is 6.54 Å². The van der Waals surface area contributed by atoms with Crippen LogP contribution in [0.15, 0.2) is 24.3 Å². The smallest absolute Gasteiger partial charge is 0.119 e. The van der Waals surface area contributed by atoms with Gasteiger partial charge in [-0.2, -0.15) is 0 Å². The Kier molecular flexibility index (Phi) is 3.80. The highest BCUT2D eigenvalue weighted by Crippen LogP contribution is 2.20. The number of hydrogen-bond donors (Lipinski definition) is 1. The van der Waals surface area contributed by atoms with Crippen LogP contribution in [0.25, 0.3) is 0 Å². The van der Waals surface area contributed by atoms with Crippen LogP contribution in [-0.2, 0) is 11.3 Å². The molecule has 2 N–H and O–H groups in total. The van der Waals surface area contributed by atoms with Gasteiger partial charge in [0.1, 0.15) is 12.4 Å². The lowest BCUT2D eigenvalue weighted by Crippen LogP contribution is -2.17. The van der Waals surface area contributed by atoms with E-state index in [0.717, 1.165) is 24.2 Å². The molecule has 0 saturated carbocycles. The van der Waals surface area contributed by atoms with Crippen molar-refractivity contribution in [3.63, 3.8) is 0 Å². The highest BCUT2D eigenvalue weighted by atomic mass is 16.5. The fourth-order valence-electron chi connectivity index (χ4n) is 1.92. The van der Waals surface area contributed by atoms with E-state index in [1.807, 2.05) is 24.3 Å². The molecule has 3 heteroatoms. The summed E-state index contributed by atoms with van der Waals surface area (Å²) in [6, 6.07) is 7.90. The molecule has 2 unspecified atom stereocenters. The van der Waals surface area contributed by atoms with Gasteiger partial charge in [0.25, 0.3) is 0 Å². The molecule has 16 heavy (non-hydrogen) atoms. The van der Waals surface area contributed by atoms with Gasteiger partial charge in [-0.05, 0) is 37.5 Å². The fourth-order valence-corrected chi connectivity index (χ4v) is 1.92. The van der Waals surface area contributed by atoms with E-state index in [9.17, 15) is 0 Å². The number of nitrogens with two attached hydrogens (primary N) is 1. The number of benzene rings is 1. The van der Waals surface area contributed by atoms with Crippen LogP contribution in [0, 0.1) is 0 Å². The lowest BCUT2D eigenvalue weighted by Gasteiger charge is -2.12. The summed E-state index contributed by atoms with van der Waals surface area (Å²) >= 11 is 0. The van der Waals surface area contributed by atoms with Gasteiger partial charge < -0.3 is 15.2 Å². The largest absolute Gasteiger partial charge is 0.491 e. The van der Waals surface area contributed by atoms with Crippen LogP contribution in [0.5, 0.6) is 5.75 Å². The third-order valence-corrected chi connectivity index (χ3v) is 2.91. The Morgan fingerprint density at radius 1 is 1.31 bits per heavy atom. The zero-order valence-corrected chi connectivity index (χ0v) is 9.69. The van der Waals surface area contributed by atoms with Gasteiger partial charge in [0.05, 0.1) is 12.2 Å². The predicted molar refractivity (Wildman–Crippen MR) is 63.4 cm³/mol. The molecule has 0 aliphatic carbocycles. The van der Waals surface area contributed by atoms with Crippen molar-refractivity contribution >= 4 is 0 Å². The third-order valence-electron chi connectivity index (χ3n) is 2.91. The summed E-state index contributed by atoms with van der Waals surface area (Å²) in [5, 5.41) is 0. The van der Waals surface area contributed by atoms with Gasteiger partial charge in [-0.25, -0.2) is 0 Å². The molecule has 3 nitrogen and oxygen atoms in total. The molecule has 0 aromatic heterocycles. The van der Waals surface area contributed by atoms with Crippen molar-refractivity contribution in [1.29, 1.82) is 0 Å². The molecule has 1 aromatic rings. The number of rotatable bonds is 4. The van der Waals surface area contributed by atoms with E-state index in [-0.39, 0.29) is 6.10 Å². The Bertz CT molecular complexity index is 323. The number of ether oxygens (including phenoxy) is 2. The topological polar surface area (TPSA) is 44.5 Å². The highest BCUT2D eigenvalue weighted by Gasteiger charge is 2.21. The zero-order chi connectivity index (χ0) is 11.4. The molecular weight excluding hydrogens is 202 g/mol. The van der Waals surface area contributed by atoms with Gasteiger partial charge in [-0.3, -0.25) is 0 Å². The Labute approximate surface area is 96.5 Å². The van der Waals surface area contributed by atoms with Crippen LogP contribution < -0.4 is 10.5 Å². The molecule has 1 aliphatic heterocycles. The highest BCUT2D eigenvalue weighted by molar-refractivity contribution is 5.27. The molecular formula is C13H19NO2. The first-order valence-electron chi connectivity index (χ1n) is 5.85. The van der Waals surface area contributed by atoms with E-state index in [4.69, 9.17) is 15.2 Å². The summed E-state index contributed by atoms with van der Waals surface area (Å²) < 4.78 is 11.4. The van der Waals surface area contributed by atoms with Crippen LogP contribution in [0.2, 0.25) is 0 Å². The Hall–Kier alpha value is -1.06. The van der Waals surface area contributed by atoms with Gasteiger partial charge in [0.15, 0.2) is 0 Å². The molecule has 1 heterocycles. The minimum Gasteiger partial charge on any atom is -0.491 e. The third kappa shape index (κ3) is 2.97. The van der Waals surface area contributed by atoms with Gasteiger partial charge in [-0.1, -0.05) is 12.1 Å². The molecule has 0 amide bonds. The summed E-state index contributed by atoms with van der Waals surface area (Å²) in [5.41, 5.74) is 6.65. The van der Waals surface area contributed by atoms with Crippen LogP contribution in [-0.4, -0.2) is 18.8 Å². The molecule has 1 fully saturated rings. The summed E-state index contributed by atoms with van der Waals surface area (Å²) in [6.45, 7) is 3.33. The van der Waals surface area contributed by atoms with E-state index >= 15 is 0 Å². The summed E-state index contributed by atoms with van der Waals surface area (Å²) in [5.74, 6) is 0.889. The van der Waals surface area contributed by atoms with Crippen molar-refractivity contribution < 1.29 is 9.47 Å². The molecule has 2 rings (SSSR count). The summed E-state index contributed by atoms with van der Waals surface area (Å²) in [6.07, 6.45) is 2.87. The second kappa shape index (κ2) is 5.32. The normalized spacial score (nSPS) is 24.6. The maximum absolute atomic E-state index is 5.68. The second-order valence-corrected chi connectivity index (χ2v) is 4.31. The van der Waals surface area contributed by atoms with Crippen LogP contribution in [0.3, 0.4) is 0 Å². The number of hydrogen-bond acceptors (Lipinski definition) is 3. The molecule has 2 atom stereocenters. The summed E-state index contributed by atoms with van der Waals surface area (Å²) in [7, 11) is 0. The second-order valence-electron chi connectivity index (χ2n) is 4.31. The fraction of sp³-hybridized carbons (Fsp3) is 0.538. The van der Waals surface area contributed by atoms with Gasteiger partial charge >= 0.3 is 0 Å². The van der Waals surface area contributed by atoms with Crippen molar-refractivity contribution in [2.75, 3.05) is 6.61 Å². The van der Waals surface area contributed by atoms with E-state index in [1.54, 1.807) is 0 Å². The van der Waals surface area contributed by atoms with Crippen molar-refractivity contribution in [1.82, 2.24) is 0 Å². The SMILES string of the molecule is CC1CCC(COc2ccc(CN)cc2)O1. The molecule has 0 bridgehead atoms. The van der Waals surface area contributed by atoms with Crippen LogP contribution in [0.4, 0.5) is 0 Å².